The highest BCUT2D eigenvalue weighted by Gasteiger charge is 2.33. The maximum atomic E-state index is 11.2. The topological polar surface area (TPSA) is 72.5 Å². The first kappa shape index (κ1) is 14.1. The van der Waals surface area contributed by atoms with Crippen LogP contribution in [0.4, 0.5) is 5.69 Å². The van der Waals surface area contributed by atoms with Crippen LogP contribution in [0.25, 0.3) is 0 Å². The number of hydrogen-bond donors (Lipinski definition) is 2. The van der Waals surface area contributed by atoms with Gasteiger partial charge in [0.15, 0.2) is 6.10 Å². The lowest BCUT2D eigenvalue weighted by atomic mass is 9.89. The molecule has 0 saturated carbocycles. The first-order valence-electron chi connectivity index (χ1n) is 5.16. The number of hydrogen-bond acceptors (Lipinski definition) is 3. The summed E-state index contributed by atoms with van der Waals surface area (Å²) in [6, 6.07) is 5.13. The molecule has 1 aromatic rings. The van der Waals surface area contributed by atoms with Crippen molar-refractivity contribution in [3.8, 4) is 5.75 Å². The summed E-state index contributed by atoms with van der Waals surface area (Å²) in [5.41, 5.74) is 5.78. The lowest BCUT2D eigenvalue weighted by Gasteiger charge is -2.27. The molecule has 0 aliphatic carbocycles. The molecular weight excluding hydrogens is 333 g/mol. The second-order valence-corrected chi connectivity index (χ2v) is 6.05. The Morgan fingerprint density at radius 1 is 1.47 bits per heavy atom. The third-order valence-electron chi connectivity index (χ3n) is 2.21. The molecule has 1 aromatic carbocycles. The fraction of sp³-hybridized carbons (Fsp3) is 0.417. The van der Waals surface area contributed by atoms with Gasteiger partial charge in [-0.2, -0.15) is 0 Å². The first-order valence-corrected chi connectivity index (χ1v) is 6.24. The predicted molar refractivity (Wildman–Crippen MR) is 75.1 cm³/mol. The molecule has 0 heterocycles. The van der Waals surface area contributed by atoms with Crippen LogP contribution in [0.3, 0.4) is 0 Å². The number of halogens is 1. The van der Waals surface area contributed by atoms with E-state index in [1.165, 1.54) is 0 Å². The molecule has 0 spiro atoms. The van der Waals surface area contributed by atoms with Gasteiger partial charge in [0.1, 0.15) is 5.75 Å². The highest BCUT2D eigenvalue weighted by Crippen LogP contribution is 2.29. The summed E-state index contributed by atoms with van der Waals surface area (Å²) >= 11 is 2.07. The second kappa shape index (κ2) is 5.12. The van der Waals surface area contributed by atoms with Crippen molar-refractivity contribution in [2.45, 2.75) is 26.9 Å². The standard InChI is InChI=1S/C12H16INO3/c1-12(2,3)10(11(15)16)17-9-5-4-7(14)6-8(9)13/h4-6,10H,14H2,1-3H3,(H,15,16). The van der Waals surface area contributed by atoms with Crippen molar-refractivity contribution in [2.75, 3.05) is 5.73 Å². The number of nitrogens with two attached hydrogens (primary N) is 1. The lowest BCUT2D eigenvalue weighted by molar-refractivity contribution is -0.150. The van der Waals surface area contributed by atoms with Gasteiger partial charge in [0.25, 0.3) is 0 Å². The fourth-order valence-corrected chi connectivity index (χ4v) is 2.00. The quantitative estimate of drug-likeness (QED) is 0.650. The van der Waals surface area contributed by atoms with E-state index < -0.39 is 17.5 Å². The summed E-state index contributed by atoms with van der Waals surface area (Å²) < 4.78 is 6.37. The van der Waals surface area contributed by atoms with Gasteiger partial charge in [0.2, 0.25) is 0 Å². The molecule has 0 radical (unpaired) electrons. The van der Waals surface area contributed by atoms with Crippen LogP contribution < -0.4 is 10.5 Å². The Morgan fingerprint density at radius 3 is 2.47 bits per heavy atom. The van der Waals surface area contributed by atoms with Gasteiger partial charge in [-0.05, 0) is 40.8 Å². The molecule has 94 valence electrons. The zero-order valence-electron chi connectivity index (χ0n) is 10.0. The largest absolute Gasteiger partial charge is 0.478 e. The third kappa shape index (κ3) is 3.76. The molecule has 0 aromatic heterocycles. The number of anilines is 1. The highest BCUT2D eigenvalue weighted by molar-refractivity contribution is 14.1. The molecule has 0 fully saturated rings. The normalized spacial score (nSPS) is 13.2. The highest BCUT2D eigenvalue weighted by atomic mass is 127. The maximum Gasteiger partial charge on any atom is 0.345 e. The average molecular weight is 349 g/mol. The Hall–Kier alpha value is -0.980. The van der Waals surface area contributed by atoms with Gasteiger partial charge in [0.05, 0.1) is 3.57 Å². The van der Waals surface area contributed by atoms with Crippen molar-refractivity contribution in [2.24, 2.45) is 5.41 Å². The molecule has 0 aliphatic heterocycles. The number of nitrogen functional groups attached to an aromatic ring is 1. The van der Waals surface area contributed by atoms with Crippen LogP contribution in [-0.2, 0) is 4.79 Å². The summed E-state index contributed by atoms with van der Waals surface area (Å²) in [6.45, 7) is 5.49. The average Bonchev–Trinajstić information content (AvgIpc) is 2.13. The maximum absolute atomic E-state index is 11.2. The van der Waals surface area contributed by atoms with Crippen molar-refractivity contribution < 1.29 is 14.6 Å². The minimum Gasteiger partial charge on any atom is -0.478 e. The zero-order valence-corrected chi connectivity index (χ0v) is 12.2. The molecule has 4 nitrogen and oxygen atoms in total. The van der Waals surface area contributed by atoms with E-state index in [0.29, 0.717) is 11.4 Å². The number of carboxylic acids is 1. The SMILES string of the molecule is CC(C)(C)C(Oc1ccc(N)cc1I)C(=O)O. The molecule has 1 rings (SSSR count). The smallest absolute Gasteiger partial charge is 0.345 e. The Kier molecular flexibility index (Phi) is 4.24. The van der Waals surface area contributed by atoms with E-state index in [2.05, 4.69) is 22.6 Å². The molecule has 3 N–H and O–H groups in total. The Bertz CT molecular complexity index is 426. The van der Waals surface area contributed by atoms with E-state index in [4.69, 9.17) is 15.6 Å². The zero-order chi connectivity index (χ0) is 13.2. The van der Waals surface area contributed by atoms with Crippen LogP contribution in [0.2, 0.25) is 0 Å². The molecule has 1 atom stereocenters. The summed E-state index contributed by atoms with van der Waals surface area (Å²) in [7, 11) is 0. The van der Waals surface area contributed by atoms with E-state index in [9.17, 15) is 4.79 Å². The Balaban J connectivity index is 2.98. The van der Waals surface area contributed by atoms with Gasteiger partial charge >= 0.3 is 5.97 Å². The Morgan fingerprint density at radius 2 is 2.06 bits per heavy atom. The molecule has 0 saturated heterocycles. The van der Waals surface area contributed by atoms with Crippen molar-refractivity contribution in [3.05, 3.63) is 21.8 Å². The van der Waals surface area contributed by atoms with Crippen LogP contribution in [-0.4, -0.2) is 17.2 Å². The Labute approximate surface area is 114 Å². The molecule has 1 unspecified atom stereocenters. The lowest BCUT2D eigenvalue weighted by Crippen LogP contribution is -2.39. The van der Waals surface area contributed by atoms with Gasteiger partial charge < -0.3 is 15.6 Å². The first-order chi connectivity index (χ1) is 7.71. The van der Waals surface area contributed by atoms with Crippen molar-refractivity contribution in [1.29, 1.82) is 0 Å². The monoisotopic (exact) mass is 349 g/mol. The van der Waals surface area contributed by atoms with Crippen LogP contribution in [0.15, 0.2) is 18.2 Å². The summed E-state index contributed by atoms with van der Waals surface area (Å²) in [6.07, 6.45) is -0.889. The van der Waals surface area contributed by atoms with Gasteiger partial charge in [-0.25, -0.2) is 4.79 Å². The molecule has 0 aliphatic rings. The van der Waals surface area contributed by atoms with E-state index in [1.807, 2.05) is 20.8 Å². The summed E-state index contributed by atoms with van der Waals surface area (Å²) in [4.78, 5) is 11.2. The van der Waals surface area contributed by atoms with Gasteiger partial charge in [-0.1, -0.05) is 20.8 Å². The van der Waals surface area contributed by atoms with Crippen LogP contribution in [0, 0.1) is 8.99 Å². The minimum atomic E-state index is -0.967. The van der Waals surface area contributed by atoms with E-state index in [0.717, 1.165) is 3.57 Å². The molecular formula is C12H16INO3. The number of ether oxygens (including phenoxy) is 1. The van der Waals surface area contributed by atoms with Crippen LogP contribution in [0.5, 0.6) is 5.75 Å². The third-order valence-corrected chi connectivity index (χ3v) is 3.05. The van der Waals surface area contributed by atoms with Crippen molar-refractivity contribution >= 4 is 34.2 Å². The fourth-order valence-electron chi connectivity index (χ4n) is 1.34. The number of aliphatic carboxylic acids is 1. The number of carbonyl (C=O) groups is 1. The second-order valence-electron chi connectivity index (χ2n) is 4.89. The van der Waals surface area contributed by atoms with Gasteiger partial charge in [-0.15, -0.1) is 0 Å². The van der Waals surface area contributed by atoms with Crippen LogP contribution >= 0.6 is 22.6 Å². The molecule has 5 heteroatoms. The summed E-state index contributed by atoms with van der Waals surface area (Å²) in [5.74, 6) is -0.424. The number of benzene rings is 1. The van der Waals surface area contributed by atoms with Crippen molar-refractivity contribution in [3.63, 3.8) is 0 Å². The van der Waals surface area contributed by atoms with Gasteiger partial charge in [-0.3, -0.25) is 0 Å². The number of carboxylic acid groups (broad SMARTS) is 1. The van der Waals surface area contributed by atoms with Crippen LogP contribution in [0.1, 0.15) is 20.8 Å². The summed E-state index contributed by atoms with van der Waals surface area (Å²) in [5, 5.41) is 9.16. The molecule has 0 amide bonds. The molecule has 17 heavy (non-hydrogen) atoms. The van der Waals surface area contributed by atoms with Crippen molar-refractivity contribution in [1.82, 2.24) is 0 Å². The van der Waals surface area contributed by atoms with Gasteiger partial charge in [0, 0.05) is 11.1 Å². The predicted octanol–water partition coefficient (Wildman–Crippen LogP) is 2.75. The van der Waals surface area contributed by atoms with E-state index in [1.54, 1.807) is 18.2 Å². The molecule has 0 bridgehead atoms. The van der Waals surface area contributed by atoms with E-state index >= 15 is 0 Å². The van der Waals surface area contributed by atoms with E-state index in [-0.39, 0.29) is 0 Å². The number of rotatable bonds is 3. The minimum absolute atomic E-state index is 0.476.